The van der Waals surface area contributed by atoms with Crippen LogP contribution in [0.2, 0.25) is 0 Å². The topological polar surface area (TPSA) is 90.0 Å². The number of piperazine rings is 1. The average molecular weight is 482 g/mol. The number of rotatable bonds is 5. The fourth-order valence-electron chi connectivity index (χ4n) is 4.44. The van der Waals surface area contributed by atoms with E-state index >= 15 is 0 Å². The van der Waals surface area contributed by atoms with E-state index in [9.17, 15) is 4.79 Å². The number of aromatic amines is 1. The molecule has 174 valence electrons. The molecule has 2 aromatic carbocycles. The molecule has 1 aliphatic heterocycles. The lowest BCUT2D eigenvalue weighted by Crippen LogP contribution is -2.47. The van der Waals surface area contributed by atoms with Gasteiger partial charge in [0.05, 0.1) is 16.6 Å². The summed E-state index contributed by atoms with van der Waals surface area (Å²) >= 11 is 1.44. The fraction of sp³-hybridized carbons (Fsp3) is 0.154. The molecule has 6 rings (SSSR count). The van der Waals surface area contributed by atoms with E-state index in [1.807, 2.05) is 54.2 Å². The molecule has 2 N–H and O–H groups in total. The van der Waals surface area contributed by atoms with Gasteiger partial charge in [-0.3, -0.25) is 9.89 Å². The molecule has 3 aromatic heterocycles. The number of carbonyl (C=O) groups excluding carboxylic acids is 1. The highest BCUT2D eigenvalue weighted by atomic mass is 32.1. The predicted octanol–water partition coefficient (Wildman–Crippen LogP) is 4.66. The van der Waals surface area contributed by atoms with Crippen molar-refractivity contribution in [2.45, 2.75) is 0 Å². The van der Waals surface area contributed by atoms with Gasteiger partial charge in [0, 0.05) is 54.7 Å². The van der Waals surface area contributed by atoms with Gasteiger partial charge >= 0.3 is 0 Å². The van der Waals surface area contributed by atoms with E-state index in [0.29, 0.717) is 4.88 Å². The van der Waals surface area contributed by atoms with Crippen molar-refractivity contribution in [3.63, 3.8) is 0 Å². The second-order valence-electron chi connectivity index (χ2n) is 8.37. The molecule has 9 heteroatoms. The molecule has 8 nitrogen and oxygen atoms in total. The molecule has 1 saturated heterocycles. The summed E-state index contributed by atoms with van der Waals surface area (Å²) in [6.07, 6.45) is 5.35. The van der Waals surface area contributed by atoms with Crippen molar-refractivity contribution in [2.24, 2.45) is 0 Å². The highest BCUT2D eigenvalue weighted by Gasteiger charge is 2.21. The van der Waals surface area contributed by atoms with Crippen molar-refractivity contribution in [2.75, 3.05) is 41.3 Å². The number of benzene rings is 2. The molecule has 0 atom stereocenters. The van der Waals surface area contributed by atoms with Crippen molar-refractivity contribution >= 4 is 45.3 Å². The van der Waals surface area contributed by atoms with Crippen molar-refractivity contribution in [1.82, 2.24) is 20.2 Å². The molecule has 4 heterocycles. The van der Waals surface area contributed by atoms with E-state index in [2.05, 4.69) is 53.5 Å². The number of nitrogens with one attached hydrogen (secondary N) is 2. The van der Waals surface area contributed by atoms with Gasteiger partial charge in [-0.25, -0.2) is 9.97 Å². The zero-order valence-electron chi connectivity index (χ0n) is 18.9. The van der Waals surface area contributed by atoms with E-state index < -0.39 is 0 Å². The molecule has 5 aromatic rings. The van der Waals surface area contributed by atoms with Crippen molar-refractivity contribution < 1.29 is 4.79 Å². The van der Waals surface area contributed by atoms with Gasteiger partial charge in [-0.15, -0.1) is 11.3 Å². The van der Waals surface area contributed by atoms with Crippen LogP contribution in [0.3, 0.4) is 0 Å². The first-order chi connectivity index (χ1) is 17.2. The number of carbonyl (C=O) groups is 1. The molecule has 0 bridgehead atoms. The Balaban J connectivity index is 1.18. The van der Waals surface area contributed by atoms with Crippen LogP contribution < -0.4 is 15.1 Å². The SMILES string of the molecule is O=C(Nc1cccc(N2CCN(c3ncnc4ccc(-c5cn[nH]c5)cc34)CC2)c1)c1cccs1. The van der Waals surface area contributed by atoms with Crippen molar-refractivity contribution in [3.8, 4) is 11.1 Å². The second-order valence-corrected chi connectivity index (χ2v) is 9.32. The Hall–Kier alpha value is -4.24. The molecule has 0 aliphatic carbocycles. The molecule has 1 fully saturated rings. The summed E-state index contributed by atoms with van der Waals surface area (Å²) in [4.78, 5) is 26.9. The monoisotopic (exact) mass is 481 g/mol. The minimum absolute atomic E-state index is 0.0765. The van der Waals surface area contributed by atoms with Crippen LogP contribution in [0.4, 0.5) is 17.2 Å². The number of fused-ring (bicyclic) bond motifs is 1. The first-order valence-electron chi connectivity index (χ1n) is 11.4. The number of nitrogens with zero attached hydrogens (tertiary/aromatic N) is 5. The van der Waals surface area contributed by atoms with Gasteiger partial charge in [0.2, 0.25) is 0 Å². The Bertz CT molecular complexity index is 1460. The molecule has 1 aliphatic rings. The van der Waals surface area contributed by atoms with Crippen LogP contribution in [-0.4, -0.2) is 52.3 Å². The Morgan fingerprint density at radius 2 is 1.83 bits per heavy atom. The minimum Gasteiger partial charge on any atom is -0.368 e. The van der Waals surface area contributed by atoms with Gasteiger partial charge < -0.3 is 15.1 Å². The Labute approximate surface area is 206 Å². The molecule has 1 amide bonds. The Morgan fingerprint density at radius 1 is 0.943 bits per heavy atom. The second kappa shape index (κ2) is 9.19. The first kappa shape index (κ1) is 21.3. The summed E-state index contributed by atoms with van der Waals surface area (Å²) in [5.41, 5.74) is 4.96. The number of aromatic nitrogens is 4. The maximum absolute atomic E-state index is 12.4. The number of thiophene rings is 1. The summed E-state index contributed by atoms with van der Waals surface area (Å²) in [5, 5.41) is 12.9. The lowest BCUT2D eigenvalue weighted by Gasteiger charge is -2.37. The van der Waals surface area contributed by atoms with Crippen LogP contribution in [-0.2, 0) is 0 Å². The molecule has 0 unspecified atom stereocenters. The number of H-pyrrole nitrogens is 1. The van der Waals surface area contributed by atoms with E-state index in [-0.39, 0.29) is 5.91 Å². The summed E-state index contributed by atoms with van der Waals surface area (Å²) in [5.74, 6) is 0.879. The summed E-state index contributed by atoms with van der Waals surface area (Å²) < 4.78 is 0. The Kier molecular flexibility index (Phi) is 5.59. The lowest BCUT2D eigenvalue weighted by molar-refractivity contribution is 0.103. The minimum atomic E-state index is -0.0765. The number of hydrogen-bond donors (Lipinski definition) is 2. The van der Waals surface area contributed by atoms with E-state index in [1.165, 1.54) is 11.3 Å². The molecule has 0 saturated carbocycles. The molecule has 0 spiro atoms. The predicted molar refractivity (Wildman–Crippen MR) is 140 cm³/mol. The third-order valence-corrected chi connectivity index (χ3v) is 7.11. The van der Waals surface area contributed by atoms with E-state index in [0.717, 1.165) is 65.4 Å². The van der Waals surface area contributed by atoms with Crippen LogP contribution in [0.1, 0.15) is 9.67 Å². The molecular formula is C26H23N7OS. The lowest BCUT2D eigenvalue weighted by atomic mass is 10.1. The number of hydrogen-bond acceptors (Lipinski definition) is 7. The quantitative estimate of drug-likeness (QED) is 0.380. The molecule has 35 heavy (non-hydrogen) atoms. The third-order valence-electron chi connectivity index (χ3n) is 6.24. The number of anilines is 3. The highest BCUT2D eigenvalue weighted by molar-refractivity contribution is 7.12. The smallest absolute Gasteiger partial charge is 0.265 e. The molecular weight excluding hydrogens is 458 g/mol. The maximum Gasteiger partial charge on any atom is 0.265 e. The summed E-state index contributed by atoms with van der Waals surface area (Å²) in [7, 11) is 0. The van der Waals surface area contributed by atoms with Gasteiger partial charge in [-0.05, 0) is 47.3 Å². The largest absolute Gasteiger partial charge is 0.368 e. The standard InChI is InChI=1S/C26H23N7OS/c34-26(24-5-2-12-35-24)31-20-3-1-4-21(14-20)32-8-10-33(11-9-32)25-22-13-18(19-15-29-30-16-19)6-7-23(22)27-17-28-25/h1-7,12-17H,8-11H2,(H,29,30)(H,31,34). The zero-order valence-corrected chi connectivity index (χ0v) is 19.7. The van der Waals surface area contributed by atoms with E-state index in [4.69, 9.17) is 0 Å². The van der Waals surface area contributed by atoms with Crippen LogP contribution in [0.15, 0.2) is 78.7 Å². The maximum atomic E-state index is 12.4. The van der Waals surface area contributed by atoms with Gasteiger partial charge in [0.25, 0.3) is 5.91 Å². The van der Waals surface area contributed by atoms with Crippen molar-refractivity contribution in [1.29, 1.82) is 0 Å². The Morgan fingerprint density at radius 3 is 2.63 bits per heavy atom. The van der Waals surface area contributed by atoms with Gasteiger partial charge in [0.1, 0.15) is 12.1 Å². The van der Waals surface area contributed by atoms with Crippen LogP contribution >= 0.6 is 11.3 Å². The first-order valence-corrected chi connectivity index (χ1v) is 12.3. The van der Waals surface area contributed by atoms with Crippen LogP contribution in [0, 0.1) is 0 Å². The average Bonchev–Trinajstić information content (AvgIpc) is 3.64. The van der Waals surface area contributed by atoms with E-state index in [1.54, 1.807) is 6.33 Å². The highest BCUT2D eigenvalue weighted by Crippen LogP contribution is 2.30. The number of amides is 1. The van der Waals surface area contributed by atoms with Crippen LogP contribution in [0.5, 0.6) is 0 Å². The third kappa shape index (κ3) is 4.33. The van der Waals surface area contributed by atoms with Gasteiger partial charge in [-0.2, -0.15) is 5.10 Å². The van der Waals surface area contributed by atoms with Crippen LogP contribution in [0.25, 0.3) is 22.0 Å². The molecule has 0 radical (unpaired) electrons. The van der Waals surface area contributed by atoms with Gasteiger partial charge in [-0.1, -0.05) is 18.2 Å². The normalized spacial score (nSPS) is 13.8. The fourth-order valence-corrected chi connectivity index (χ4v) is 5.06. The van der Waals surface area contributed by atoms with Crippen molar-refractivity contribution in [3.05, 3.63) is 83.6 Å². The zero-order chi connectivity index (χ0) is 23.6. The summed E-state index contributed by atoms with van der Waals surface area (Å²) in [6.45, 7) is 3.39. The van der Waals surface area contributed by atoms with Gasteiger partial charge in [0.15, 0.2) is 0 Å². The summed E-state index contributed by atoms with van der Waals surface area (Å²) in [6, 6.07) is 18.0.